The highest BCUT2D eigenvalue weighted by Gasteiger charge is 2.34. The van der Waals surface area contributed by atoms with E-state index in [2.05, 4.69) is 5.32 Å². The number of carbonyl (C=O) groups excluding carboxylic acids is 2. The van der Waals surface area contributed by atoms with Crippen molar-refractivity contribution in [3.8, 4) is 11.5 Å². The molecule has 0 atom stereocenters. The van der Waals surface area contributed by atoms with E-state index < -0.39 is 5.92 Å². The van der Waals surface area contributed by atoms with Crippen molar-refractivity contribution in [2.24, 2.45) is 0 Å². The Hall–Kier alpha value is -3.02. The molecule has 2 amide bonds. The van der Waals surface area contributed by atoms with Gasteiger partial charge in [-0.05, 0) is 31.9 Å². The highest BCUT2D eigenvalue weighted by Crippen LogP contribution is 2.44. The quantitative estimate of drug-likeness (QED) is 0.882. The predicted octanol–water partition coefficient (Wildman–Crippen LogP) is 3.66. The first-order valence-electron chi connectivity index (χ1n) is 9.75. The second-order valence-corrected chi connectivity index (χ2v) is 7.08. The van der Waals surface area contributed by atoms with Gasteiger partial charge in [-0.2, -0.15) is 0 Å². The number of benzene rings is 2. The zero-order valence-electron chi connectivity index (χ0n) is 15.9. The van der Waals surface area contributed by atoms with Crippen molar-refractivity contribution in [3.63, 3.8) is 0 Å². The fourth-order valence-electron chi connectivity index (χ4n) is 3.90. The van der Waals surface area contributed by atoms with Crippen LogP contribution in [0, 0.1) is 0 Å². The summed E-state index contributed by atoms with van der Waals surface area (Å²) < 4.78 is 11.0. The molecule has 2 aromatic rings. The lowest BCUT2D eigenvalue weighted by Crippen LogP contribution is -2.48. The maximum absolute atomic E-state index is 13.2. The third kappa shape index (κ3) is 3.54. The average Bonchev–Trinajstić information content (AvgIpc) is 2.72. The molecule has 2 aliphatic rings. The van der Waals surface area contributed by atoms with Gasteiger partial charge in [0.25, 0.3) is 0 Å². The summed E-state index contributed by atoms with van der Waals surface area (Å²) in [5.74, 6) is 1.01. The zero-order valence-corrected chi connectivity index (χ0v) is 15.9. The second kappa shape index (κ2) is 7.92. The third-order valence-corrected chi connectivity index (χ3v) is 5.31. The summed E-state index contributed by atoms with van der Waals surface area (Å²) in [6, 6.07) is 15.4. The predicted molar refractivity (Wildman–Crippen MR) is 105 cm³/mol. The lowest BCUT2D eigenvalue weighted by atomic mass is 9.87. The van der Waals surface area contributed by atoms with Crippen LogP contribution in [0.1, 0.15) is 36.8 Å². The van der Waals surface area contributed by atoms with Crippen LogP contribution in [0.25, 0.3) is 0 Å². The second-order valence-electron chi connectivity index (χ2n) is 7.08. The minimum absolute atomic E-state index is 0.0298. The number of hydrogen-bond donors (Lipinski definition) is 1. The van der Waals surface area contributed by atoms with E-state index in [4.69, 9.17) is 9.47 Å². The molecule has 4 rings (SSSR count). The number of para-hydroxylation sites is 2. The van der Waals surface area contributed by atoms with Crippen molar-refractivity contribution in [3.05, 3.63) is 59.7 Å². The van der Waals surface area contributed by atoms with Gasteiger partial charge in [-0.25, -0.2) is 4.79 Å². The van der Waals surface area contributed by atoms with Gasteiger partial charge in [-0.3, -0.25) is 4.79 Å². The number of ether oxygens (including phenoxy) is 2. The van der Waals surface area contributed by atoms with Crippen LogP contribution in [0.15, 0.2) is 48.5 Å². The normalized spacial score (nSPS) is 16.5. The van der Waals surface area contributed by atoms with Crippen LogP contribution in [0.5, 0.6) is 11.5 Å². The topological polar surface area (TPSA) is 67.9 Å². The molecule has 0 unspecified atom stereocenters. The van der Waals surface area contributed by atoms with Crippen LogP contribution in [-0.4, -0.2) is 42.6 Å². The van der Waals surface area contributed by atoms with E-state index in [1.54, 1.807) is 11.8 Å². The average molecular weight is 380 g/mol. The minimum Gasteiger partial charge on any atom is -0.457 e. The van der Waals surface area contributed by atoms with Crippen molar-refractivity contribution in [1.82, 2.24) is 10.2 Å². The van der Waals surface area contributed by atoms with Crippen LogP contribution in [0.2, 0.25) is 0 Å². The van der Waals surface area contributed by atoms with Crippen LogP contribution < -0.4 is 10.1 Å². The third-order valence-electron chi connectivity index (χ3n) is 5.31. The van der Waals surface area contributed by atoms with Gasteiger partial charge in [0.05, 0.1) is 12.5 Å². The van der Waals surface area contributed by atoms with E-state index in [1.807, 2.05) is 48.5 Å². The maximum atomic E-state index is 13.2. The molecule has 28 heavy (non-hydrogen) atoms. The molecule has 0 bridgehead atoms. The molecule has 2 heterocycles. The van der Waals surface area contributed by atoms with Crippen LogP contribution >= 0.6 is 0 Å². The summed E-state index contributed by atoms with van der Waals surface area (Å²) in [5.41, 5.74) is 1.75. The first-order valence-corrected chi connectivity index (χ1v) is 9.75. The number of amides is 2. The minimum atomic E-state index is -0.399. The van der Waals surface area contributed by atoms with E-state index in [9.17, 15) is 9.59 Å². The lowest BCUT2D eigenvalue weighted by molar-refractivity contribution is -0.122. The Balaban J connectivity index is 1.48. The van der Waals surface area contributed by atoms with Crippen molar-refractivity contribution >= 4 is 12.0 Å². The molecule has 6 heteroatoms. The summed E-state index contributed by atoms with van der Waals surface area (Å²) in [7, 11) is 0. The first kappa shape index (κ1) is 18.3. The number of hydrogen-bond acceptors (Lipinski definition) is 4. The number of likely N-dealkylation sites (tertiary alicyclic amines) is 1. The summed E-state index contributed by atoms with van der Waals surface area (Å²) >= 11 is 0. The van der Waals surface area contributed by atoms with Crippen LogP contribution in [-0.2, 0) is 9.53 Å². The molecule has 1 fully saturated rings. The SMILES string of the molecule is CCOC(=O)N1CCC(NC(=O)C2c3ccccc3Oc3ccccc32)CC1. The van der Waals surface area contributed by atoms with Crippen molar-refractivity contribution < 1.29 is 19.1 Å². The summed E-state index contributed by atoms with van der Waals surface area (Å²) in [6.45, 7) is 3.35. The first-order chi connectivity index (χ1) is 13.7. The molecule has 0 spiro atoms. The smallest absolute Gasteiger partial charge is 0.409 e. The van der Waals surface area contributed by atoms with E-state index in [0.29, 0.717) is 19.7 Å². The number of fused-ring (bicyclic) bond motifs is 2. The molecule has 1 saturated heterocycles. The van der Waals surface area contributed by atoms with E-state index in [0.717, 1.165) is 35.5 Å². The lowest BCUT2D eigenvalue weighted by Gasteiger charge is -2.33. The highest BCUT2D eigenvalue weighted by molar-refractivity contribution is 5.89. The molecular formula is C22H24N2O4. The summed E-state index contributed by atoms with van der Waals surface area (Å²) in [6.07, 6.45) is 1.16. The molecule has 0 aromatic heterocycles. The molecule has 0 radical (unpaired) electrons. The molecule has 2 aromatic carbocycles. The highest BCUT2D eigenvalue weighted by atomic mass is 16.6. The zero-order chi connectivity index (χ0) is 19.5. The number of carbonyl (C=O) groups is 2. The van der Waals surface area contributed by atoms with Crippen LogP contribution in [0.3, 0.4) is 0 Å². The van der Waals surface area contributed by atoms with Gasteiger partial charge in [0.15, 0.2) is 0 Å². The Kier molecular flexibility index (Phi) is 5.19. The molecule has 2 aliphatic heterocycles. The van der Waals surface area contributed by atoms with Gasteiger partial charge in [0.2, 0.25) is 5.91 Å². The molecular weight excluding hydrogens is 356 g/mol. The standard InChI is InChI=1S/C22H24N2O4/c1-2-27-22(26)24-13-11-15(12-14-24)23-21(25)20-16-7-3-5-9-18(16)28-19-10-6-4-8-17(19)20/h3-10,15,20H,2,11-14H2,1H3,(H,23,25). The fraction of sp³-hybridized carbons (Fsp3) is 0.364. The van der Waals surface area contributed by atoms with Gasteiger partial charge in [0.1, 0.15) is 11.5 Å². The molecule has 146 valence electrons. The maximum Gasteiger partial charge on any atom is 0.409 e. The molecule has 0 aliphatic carbocycles. The van der Waals surface area contributed by atoms with Crippen molar-refractivity contribution in [2.45, 2.75) is 31.7 Å². The van der Waals surface area contributed by atoms with Gasteiger partial charge < -0.3 is 19.7 Å². The number of piperidine rings is 1. The number of nitrogens with one attached hydrogen (secondary N) is 1. The van der Waals surface area contributed by atoms with Gasteiger partial charge in [-0.15, -0.1) is 0 Å². The Morgan fingerprint density at radius 3 is 2.18 bits per heavy atom. The Labute approximate surface area is 164 Å². The number of nitrogens with zero attached hydrogens (tertiary/aromatic N) is 1. The van der Waals surface area contributed by atoms with Crippen molar-refractivity contribution in [2.75, 3.05) is 19.7 Å². The Bertz CT molecular complexity index is 829. The van der Waals surface area contributed by atoms with Gasteiger partial charge in [-0.1, -0.05) is 36.4 Å². The number of rotatable bonds is 3. The monoisotopic (exact) mass is 380 g/mol. The Morgan fingerprint density at radius 1 is 1.04 bits per heavy atom. The van der Waals surface area contributed by atoms with Gasteiger partial charge >= 0.3 is 6.09 Å². The Morgan fingerprint density at radius 2 is 1.61 bits per heavy atom. The van der Waals surface area contributed by atoms with Crippen LogP contribution in [0.4, 0.5) is 4.79 Å². The molecule has 0 saturated carbocycles. The molecule has 6 nitrogen and oxygen atoms in total. The summed E-state index contributed by atoms with van der Waals surface area (Å²) in [4.78, 5) is 26.8. The van der Waals surface area contributed by atoms with E-state index in [-0.39, 0.29) is 18.0 Å². The van der Waals surface area contributed by atoms with E-state index in [1.165, 1.54) is 0 Å². The molecule has 1 N–H and O–H groups in total. The summed E-state index contributed by atoms with van der Waals surface area (Å²) in [5, 5.41) is 3.19. The largest absolute Gasteiger partial charge is 0.457 e. The van der Waals surface area contributed by atoms with E-state index >= 15 is 0 Å². The fourth-order valence-corrected chi connectivity index (χ4v) is 3.90. The van der Waals surface area contributed by atoms with Crippen molar-refractivity contribution in [1.29, 1.82) is 0 Å². The van der Waals surface area contributed by atoms with Gasteiger partial charge in [0, 0.05) is 30.3 Å².